The number of ether oxygens (including phenoxy) is 1. The number of phenolic OH excluding ortho intramolecular Hbond substituents is 1. The highest BCUT2D eigenvalue weighted by atomic mass is 16.5. The molecule has 3 aliphatic rings. The van der Waals surface area contributed by atoms with E-state index >= 15 is 0 Å². The van der Waals surface area contributed by atoms with Gasteiger partial charge in [-0.1, -0.05) is 77.8 Å². The first kappa shape index (κ1) is 64.4. The van der Waals surface area contributed by atoms with Crippen LogP contribution in [0.2, 0.25) is 0 Å². The molecule has 0 aliphatic carbocycles. The second-order valence-electron chi connectivity index (χ2n) is 21.1. The van der Waals surface area contributed by atoms with Crippen LogP contribution in [0.3, 0.4) is 0 Å². The Morgan fingerprint density at radius 1 is 0.727 bits per heavy atom. The normalized spacial score (nSPS) is 28.6. The van der Waals surface area contributed by atoms with Crippen molar-refractivity contribution in [2.24, 2.45) is 23.3 Å². The van der Waals surface area contributed by atoms with E-state index in [0.717, 1.165) is 55.2 Å². The van der Waals surface area contributed by atoms with Crippen LogP contribution in [0.15, 0.2) is 24.3 Å². The molecule has 3 heterocycles. The Bertz CT molecular complexity index is 2070. The summed E-state index contributed by atoms with van der Waals surface area (Å²) in [6.45, 7) is 6.32. The van der Waals surface area contributed by atoms with Crippen LogP contribution >= 0.6 is 0 Å². The summed E-state index contributed by atoms with van der Waals surface area (Å²) in [4.78, 5) is 102. The van der Waals surface area contributed by atoms with E-state index in [4.69, 9.17) is 16.2 Å². The van der Waals surface area contributed by atoms with Crippen molar-refractivity contribution in [3.05, 3.63) is 29.8 Å². The number of amides is 7. The van der Waals surface area contributed by atoms with Gasteiger partial charge in [-0.2, -0.15) is 0 Å². The third-order valence-electron chi connectivity index (χ3n) is 14.8. The van der Waals surface area contributed by atoms with Gasteiger partial charge >= 0.3 is 0 Å². The van der Waals surface area contributed by atoms with Crippen molar-refractivity contribution in [2.75, 3.05) is 32.8 Å². The number of hydrogen-bond donors (Lipinski definition) is 15. The van der Waals surface area contributed by atoms with Crippen LogP contribution < -0.4 is 38.1 Å². The molecular formula is C52H87N9O16. The summed E-state index contributed by atoms with van der Waals surface area (Å²) < 4.78 is 5.73. The number of aromatic hydroxyl groups is 1. The number of unbranched alkanes of at least 4 members (excludes halogenated alkanes) is 5. The lowest BCUT2D eigenvalue weighted by Crippen LogP contribution is -2.64. The van der Waals surface area contributed by atoms with Crippen LogP contribution in [0.25, 0.3) is 0 Å². The van der Waals surface area contributed by atoms with E-state index in [2.05, 4.69) is 47.4 Å². The van der Waals surface area contributed by atoms with Gasteiger partial charge in [0.1, 0.15) is 60.3 Å². The lowest BCUT2D eigenvalue weighted by atomic mass is 9.91. The summed E-state index contributed by atoms with van der Waals surface area (Å²) in [6.07, 6.45) is -7.55. The van der Waals surface area contributed by atoms with Gasteiger partial charge in [-0.05, 0) is 68.7 Å². The fraction of sp³-hybridized carbons (Fsp3) is 0.750. The van der Waals surface area contributed by atoms with Gasteiger partial charge in [0, 0.05) is 38.9 Å². The number of fused-ring (bicyclic) bond motifs is 2. The molecule has 0 bridgehead atoms. The number of rotatable bonds is 23. The SMILES string of the molecule is CC[C@H](C)C[C@H](C)CCCCCCCCC(=O)N[C@@H]1C[C@@H](O)[C@@H](OCCN)NC(=O)[C@@H]2[C@@H](O)CCN2C(=O)[C@H]([C@H](O)CCN)NC(=O)[C@H]([C@H](O)[C@@H](O)c2ccc(O)cc2)NC(=O)[C@@H]2C[C@@H](O)CN2C(=O)[C@H]([C@@H](C)O)NC1=O. The maximum Gasteiger partial charge on any atom is 0.248 e. The monoisotopic (exact) mass is 1090 g/mol. The molecule has 3 fully saturated rings. The minimum Gasteiger partial charge on any atom is -0.508 e. The Balaban J connectivity index is 1.73. The van der Waals surface area contributed by atoms with Gasteiger partial charge in [-0.15, -0.1) is 0 Å². The molecule has 3 aliphatic heterocycles. The van der Waals surface area contributed by atoms with Crippen LogP contribution in [-0.2, 0) is 38.3 Å². The quantitative estimate of drug-likeness (QED) is 0.0489. The Morgan fingerprint density at radius 2 is 1.35 bits per heavy atom. The standard InChI is InChI=1S/C52H87N9O16/c1-5-28(2)24-29(3)12-10-8-6-7-9-11-13-39(68)55-34-26-38(67)50(77-23-21-54)59-49(74)43-37(66)19-22-60(43)52(76)41(36(65)18-20-53)57-48(73)42(45(70)44(69)31-14-16-32(63)17-15-31)58-47(72)35-25-33(64)27-61(35)51(75)40(30(4)62)56-46(34)71/h14-17,28-30,33-38,40-45,50,62-67,69-70H,5-13,18-27,53-54H2,1-4H3,(H,55,68)(H,56,71)(H,57,73)(H,58,72)(H,59,74)/t28-,29+,30+,33+,34+,35-,36+,37-,38+,40-,41-,42-,43-,44-,45-,50+/m0/s1. The van der Waals surface area contributed by atoms with Crippen molar-refractivity contribution in [1.82, 2.24) is 36.4 Å². The number of carbonyl (C=O) groups is 7. The van der Waals surface area contributed by atoms with Crippen molar-refractivity contribution in [3.63, 3.8) is 0 Å². The van der Waals surface area contributed by atoms with Crippen LogP contribution in [0.4, 0.5) is 0 Å². The number of aliphatic hydroxyl groups is 7. The second-order valence-corrected chi connectivity index (χ2v) is 21.1. The fourth-order valence-electron chi connectivity index (χ4n) is 10.1. The van der Waals surface area contributed by atoms with Crippen molar-refractivity contribution in [2.45, 2.75) is 203 Å². The van der Waals surface area contributed by atoms with Gasteiger partial charge in [0.2, 0.25) is 41.4 Å². The molecular weight excluding hydrogens is 1010 g/mol. The van der Waals surface area contributed by atoms with Crippen LogP contribution in [0, 0.1) is 11.8 Å². The number of nitrogens with one attached hydrogen (secondary N) is 5. The molecule has 0 aromatic heterocycles. The Morgan fingerprint density at radius 3 is 1.99 bits per heavy atom. The smallest absolute Gasteiger partial charge is 0.248 e. The van der Waals surface area contributed by atoms with E-state index in [-0.39, 0.29) is 56.8 Å². The van der Waals surface area contributed by atoms with E-state index in [1.54, 1.807) is 0 Å². The van der Waals surface area contributed by atoms with E-state index in [0.29, 0.717) is 24.7 Å². The summed E-state index contributed by atoms with van der Waals surface area (Å²) in [5.41, 5.74) is 11.4. The van der Waals surface area contributed by atoms with Gasteiger partial charge in [0.25, 0.3) is 0 Å². The van der Waals surface area contributed by atoms with E-state index in [1.807, 2.05) is 0 Å². The zero-order valence-electron chi connectivity index (χ0n) is 44.9. The van der Waals surface area contributed by atoms with Crippen molar-refractivity contribution in [1.29, 1.82) is 0 Å². The largest absolute Gasteiger partial charge is 0.508 e. The molecule has 0 unspecified atom stereocenters. The molecule has 4 rings (SSSR count). The molecule has 0 saturated carbocycles. The Hall–Kier alpha value is -5.09. The summed E-state index contributed by atoms with van der Waals surface area (Å²) >= 11 is 0. The first-order valence-electron chi connectivity index (χ1n) is 27.2. The van der Waals surface area contributed by atoms with Gasteiger partial charge in [-0.25, -0.2) is 0 Å². The first-order valence-corrected chi connectivity index (χ1v) is 27.2. The molecule has 16 atom stereocenters. The number of aliphatic hydroxyl groups excluding tert-OH is 7. The van der Waals surface area contributed by atoms with Crippen LogP contribution in [0.5, 0.6) is 5.75 Å². The first-order chi connectivity index (χ1) is 36.5. The third-order valence-corrected chi connectivity index (χ3v) is 14.8. The molecule has 1 aromatic rings. The molecule has 25 heteroatoms. The molecule has 436 valence electrons. The summed E-state index contributed by atoms with van der Waals surface area (Å²) in [5, 5.41) is 101. The maximum absolute atomic E-state index is 14.6. The molecule has 7 amide bonds. The predicted molar refractivity (Wildman–Crippen MR) is 278 cm³/mol. The van der Waals surface area contributed by atoms with Gasteiger partial charge in [0.15, 0.2) is 6.23 Å². The summed E-state index contributed by atoms with van der Waals surface area (Å²) in [6, 6.07) is -6.54. The number of hydrogen-bond acceptors (Lipinski definition) is 18. The van der Waals surface area contributed by atoms with Gasteiger partial charge < -0.3 is 93.4 Å². The lowest BCUT2D eigenvalue weighted by Gasteiger charge is -2.35. The van der Waals surface area contributed by atoms with Crippen molar-refractivity contribution < 1.29 is 79.2 Å². The molecule has 25 nitrogen and oxygen atoms in total. The highest BCUT2D eigenvalue weighted by Gasteiger charge is 2.49. The number of nitrogens with two attached hydrogens (primary N) is 2. The van der Waals surface area contributed by atoms with Crippen molar-refractivity contribution >= 4 is 41.4 Å². The molecule has 3 saturated heterocycles. The van der Waals surface area contributed by atoms with Crippen molar-refractivity contribution in [3.8, 4) is 5.75 Å². The topological polar surface area (TPSA) is 409 Å². The predicted octanol–water partition coefficient (Wildman–Crippen LogP) is -2.88. The zero-order chi connectivity index (χ0) is 57.1. The zero-order valence-corrected chi connectivity index (χ0v) is 44.9. The van der Waals surface area contributed by atoms with E-state index in [1.165, 1.54) is 30.7 Å². The van der Waals surface area contributed by atoms with E-state index in [9.17, 15) is 74.4 Å². The average molecular weight is 1090 g/mol. The van der Waals surface area contributed by atoms with Crippen LogP contribution in [-0.4, -0.2) is 204 Å². The van der Waals surface area contributed by atoms with Crippen LogP contribution in [0.1, 0.15) is 129 Å². The fourth-order valence-corrected chi connectivity index (χ4v) is 10.1. The minimum atomic E-state index is -2.29. The average Bonchev–Trinajstić information content (AvgIpc) is 3.99. The Labute approximate surface area is 450 Å². The molecule has 77 heavy (non-hydrogen) atoms. The molecule has 1 aromatic carbocycles. The highest BCUT2D eigenvalue weighted by molar-refractivity contribution is 5.98. The highest BCUT2D eigenvalue weighted by Crippen LogP contribution is 2.27. The molecule has 17 N–H and O–H groups in total. The van der Waals surface area contributed by atoms with Gasteiger partial charge in [0.05, 0.1) is 31.0 Å². The van der Waals surface area contributed by atoms with E-state index < -0.39 is 146 Å². The van der Waals surface area contributed by atoms with Gasteiger partial charge in [-0.3, -0.25) is 33.6 Å². The molecule has 0 spiro atoms. The lowest BCUT2D eigenvalue weighted by molar-refractivity contribution is -0.149. The number of nitrogens with zero attached hydrogens (tertiary/aromatic N) is 2. The Kier molecular flexibility index (Phi) is 26.4. The summed E-state index contributed by atoms with van der Waals surface area (Å²) in [7, 11) is 0. The number of carbonyl (C=O) groups excluding carboxylic acids is 7. The molecule has 0 radical (unpaired) electrons. The summed E-state index contributed by atoms with van der Waals surface area (Å²) in [5.74, 6) is -6.60. The second kappa shape index (κ2) is 31.5. The maximum atomic E-state index is 14.6. The minimum absolute atomic E-state index is 0.0414. The third kappa shape index (κ3) is 18.8. The number of benzene rings is 1. The number of phenols is 1.